The van der Waals surface area contributed by atoms with Crippen LogP contribution in [0, 0.1) is 0 Å². The monoisotopic (exact) mass is 482 g/mol. The first kappa shape index (κ1) is 20.1. The Morgan fingerprint density at radius 2 is 0.879 bits per heavy atom. The number of rotatable bonds is 4. The van der Waals surface area contributed by atoms with Gasteiger partial charge in [0.1, 0.15) is 11.4 Å². The van der Waals surface area contributed by atoms with E-state index in [1.165, 1.54) is 32.2 Å². The van der Waals surface area contributed by atoms with Crippen LogP contribution in [-0.4, -0.2) is 0 Å². The second-order valence-electron chi connectivity index (χ2n) is 7.60. The fourth-order valence-corrected chi connectivity index (χ4v) is 6.70. The highest BCUT2D eigenvalue weighted by Gasteiger charge is 2.26. The molecule has 33 heavy (non-hydrogen) atoms. The van der Waals surface area contributed by atoms with Crippen molar-refractivity contribution in [3.05, 3.63) is 84.9 Å². The second-order valence-corrected chi connectivity index (χ2v) is 10.3. The average Bonchev–Trinajstić information content (AvgIpc) is 3.63. The molecule has 6 rings (SSSR count). The van der Waals surface area contributed by atoms with Crippen molar-refractivity contribution in [3.8, 4) is 41.8 Å². The number of nitrogens with two attached hydrogens (primary N) is 2. The molecule has 4 N–H and O–H groups in total. The van der Waals surface area contributed by atoms with Crippen LogP contribution in [0.15, 0.2) is 93.7 Å². The molecule has 1 aliphatic heterocycles. The van der Waals surface area contributed by atoms with Crippen LogP contribution in [-0.2, 0) is 11.4 Å². The molecule has 0 atom stereocenters. The van der Waals surface area contributed by atoms with E-state index in [2.05, 4.69) is 57.3 Å². The average molecular weight is 483 g/mol. The zero-order chi connectivity index (χ0) is 22.4. The maximum Gasteiger partial charge on any atom is 0.116 e. The predicted molar refractivity (Wildman–Crippen MR) is 144 cm³/mol. The van der Waals surface area contributed by atoms with Crippen molar-refractivity contribution in [3.63, 3.8) is 0 Å². The summed E-state index contributed by atoms with van der Waals surface area (Å²) in [6, 6.07) is 29.1. The van der Waals surface area contributed by atoms with Gasteiger partial charge in [-0.15, -0.1) is 22.7 Å². The summed E-state index contributed by atoms with van der Waals surface area (Å²) in [4.78, 5) is 4.43. The summed E-state index contributed by atoms with van der Waals surface area (Å²) >= 11 is 4.57. The van der Waals surface area contributed by atoms with Gasteiger partial charge >= 0.3 is 0 Å². The molecule has 3 aromatic carbocycles. The van der Waals surface area contributed by atoms with Crippen LogP contribution in [0.5, 0.6) is 0 Å². The van der Waals surface area contributed by atoms with Crippen molar-refractivity contribution < 1.29 is 0 Å². The minimum absolute atomic E-state index is 0.557. The van der Waals surface area contributed by atoms with Gasteiger partial charge in [0.2, 0.25) is 0 Å². The van der Waals surface area contributed by atoms with Crippen molar-refractivity contribution in [2.45, 2.75) is 0 Å². The zero-order valence-corrected chi connectivity index (χ0v) is 19.8. The van der Waals surface area contributed by atoms with Crippen LogP contribution in [0.25, 0.3) is 41.8 Å². The second kappa shape index (κ2) is 8.12. The summed E-state index contributed by atoms with van der Waals surface area (Å²) in [5, 5.41) is 0. The van der Waals surface area contributed by atoms with Gasteiger partial charge in [0.05, 0.1) is 22.7 Å². The highest BCUT2D eigenvalue weighted by atomic mass is 32.1. The largest absolute Gasteiger partial charge is 0.396 e. The van der Waals surface area contributed by atoms with Crippen LogP contribution >= 0.6 is 22.7 Å². The van der Waals surface area contributed by atoms with Gasteiger partial charge in [-0.05, 0) is 35.4 Å². The Kier molecular flexibility index (Phi) is 4.95. The van der Waals surface area contributed by atoms with Crippen molar-refractivity contribution in [1.82, 2.24) is 0 Å². The Labute approximate surface area is 203 Å². The first-order valence-electron chi connectivity index (χ1n) is 10.3. The summed E-state index contributed by atoms with van der Waals surface area (Å²) in [5.74, 6) is 0. The molecule has 4 nitrogen and oxygen atoms in total. The Bertz CT molecular complexity index is 1450. The molecule has 0 spiro atoms. The predicted octanol–water partition coefficient (Wildman–Crippen LogP) is 8.37. The van der Waals surface area contributed by atoms with Crippen molar-refractivity contribution in [2.75, 3.05) is 11.5 Å². The number of hydrogen-bond acceptors (Lipinski definition) is 6. The quantitative estimate of drug-likeness (QED) is 0.248. The molecule has 0 saturated heterocycles. The minimum Gasteiger partial charge on any atom is -0.396 e. The van der Waals surface area contributed by atoms with Crippen molar-refractivity contribution >= 4 is 56.8 Å². The van der Waals surface area contributed by atoms with Gasteiger partial charge in [-0.25, -0.2) is 0 Å². The van der Waals surface area contributed by atoms with E-state index in [-0.39, 0.29) is 0 Å². The molecular weight excluding hydrogens is 465 g/mol. The molecule has 5 aromatic rings. The number of thiophene rings is 2. The summed E-state index contributed by atoms with van der Waals surface area (Å²) in [6.07, 6.45) is 0. The van der Waals surface area contributed by atoms with Gasteiger partial charge in [-0.3, -0.25) is 0 Å². The highest BCUT2D eigenvalue weighted by molar-refractivity contribution is 7.58. The maximum atomic E-state index is 6.67. The number of benzene rings is 3. The zero-order valence-electron chi connectivity index (χ0n) is 17.4. The Morgan fingerprint density at radius 3 is 1.30 bits per heavy atom. The molecule has 0 bridgehead atoms. The summed E-state index contributed by atoms with van der Waals surface area (Å²) in [7, 11) is 0. The van der Waals surface area contributed by atoms with E-state index < -0.39 is 0 Å². The van der Waals surface area contributed by atoms with Gasteiger partial charge in [0.25, 0.3) is 0 Å². The Morgan fingerprint density at radius 1 is 0.485 bits per heavy atom. The van der Waals surface area contributed by atoms with Crippen LogP contribution < -0.4 is 11.5 Å². The lowest BCUT2D eigenvalue weighted by Crippen LogP contribution is -2.00. The van der Waals surface area contributed by atoms with Gasteiger partial charge in [-0.2, -0.15) is 8.73 Å². The van der Waals surface area contributed by atoms with Crippen molar-refractivity contribution in [2.24, 2.45) is 8.73 Å². The fourth-order valence-electron chi connectivity index (χ4n) is 4.00. The maximum absolute atomic E-state index is 6.67. The molecule has 160 valence electrons. The van der Waals surface area contributed by atoms with E-state index in [0.29, 0.717) is 11.4 Å². The molecule has 0 fully saturated rings. The fraction of sp³-hybridized carbons (Fsp3) is 0. The Balaban J connectivity index is 1.48. The van der Waals surface area contributed by atoms with Crippen LogP contribution in [0.2, 0.25) is 0 Å². The third kappa shape index (κ3) is 3.41. The lowest BCUT2D eigenvalue weighted by Gasteiger charge is -2.15. The molecule has 0 saturated carbocycles. The van der Waals surface area contributed by atoms with Gasteiger partial charge in [0, 0.05) is 30.6 Å². The third-order valence-corrected chi connectivity index (χ3v) is 8.44. The first-order valence-corrected chi connectivity index (χ1v) is 12.7. The van der Waals surface area contributed by atoms with E-state index in [4.69, 9.17) is 11.5 Å². The normalized spacial score (nSPS) is 12.0. The van der Waals surface area contributed by atoms with Crippen molar-refractivity contribution in [1.29, 1.82) is 0 Å². The van der Waals surface area contributed by atoms with E-state index in [0.717, 1.165) is 32.3 Å². The molecule has 0 unspecified atom stereocenters. The number of nitrogen functional groups attached to an aromatic ring is 2. The third-order valence-electron chi connectivity index (χ3n) is 5.61. The van der Waals surface area contributed by atoms with E-state index in [1.54, 1.807) is 22.7 Å². The number of fused-ring (bicyclic) bond motifs is 1. The van der Waals surface area contributed by atoms with Crippen LogP contribution in [0.3, 0.4) is 0 Å². The van der Waals surface area contributed by atoms with Crippen LogP contribution in [0.4, 0.5) is 22.7 Å². The molecule has 0 radical (unpaired) electrons. The molecule has 0 aliphatic carbocycles. The lowest BCUT2D eigenvalue weighted by molar-refractivity contribution is 1.53. The van der Waals surface area contributed by atoms with Gasteiger partial charge in [0.15, 0.2) is 0 Å². The van der Waals surface area contributed by atoms with E-state index >= 15 is 0 Å². The molecular formula is C26H18N4S3. The Hall–Kier alpha value is -3.52. The summed E-state index contributed by atoms with van der Waals surface area (Å²) < 4.78 is 9.27. The summed E-state index contributed by atoms with van der Waals surface area (Å²) in [5.41, 5.74) is 20.1. The standard InChI is InChI=1S/C26H18N4S3/c27-23-21(19-13-11-17(31-19)15-7-3-1-4-8-15)25-26(30-33-29-25)22(24(23)28)20-14-12-18(32-20)16-9-5-2-6-10-16/h1-14H,27-28H2. The number of hydrogen-bond donors (Lipinski definition) is 2. The van der Waals surface area contributed by atoms with E-state index in [1.807, 2.05) is 36.4 Å². The SMILES string of the molecule is Nc1c(N)c(-c2ccc(-c3ccccc3)s2)c2c(c1-c1ccc(-c3ccccc3)s1)N=S=N2. The van der Waals surface area contributed by atoms with E-state index in [9.17, 15) is 0 Å². The minimum atomic E-state index is 0.557. The summed E-state index contributed by atoms with van der Waals surface area (Å²) in [6.45, 7) is 0. The molecule has 7 heteroatoms. The topological polar surface area (TPSA) is 76.8 Å². The van der Waals surface area contributed by atoms with Crippen LogP contribution in [0.1, 0.15) is 0 Å². The first-order chi connectivity index (χ1) is 16.2. The molecule has 0 amide bonds. The molecule has 3 heterocycles. The number of nitrogens with zero attached hydrogens (tertiary/aromatic N) is 2. The smallest absolute Gasteiger partial charge is 0.116 e. The number of anilines is 2. The van der Waals surface area contributed by atoms with Gasteiger partial charge < -0.3 is 11.5 Å². The lowest BCUT2D eigenvalue weighted by atomic mass is 9.99. The molecule has 1 aliphatic rings. The highest BCUT2D eigenvalue weighted by Crippen LogP contribution is 2.56. The van der Waals surface area contributed by atoms with Gasteiger partial charge in [-0.1, -0.05) is 60.7 Å². The molecule has 2 aromatic heterocycles.